The van der Waals surface area contributed by atoms with Crippen molar-refractivity contribution in [3.05, 3.63) is 40.7 Å². The van der Waals surface area contributed by atoms with Gasteiger partial charge in [-0.25, -0.2) is 0 Å². The quantitative estimate of drug-likeness (QED) is 0.848. The maximum atomic E-state index is 5.94. The van der Waals surface area contributed by atoms with E-state index in [1.54, 1.807) is 0 Å². The molecule has 0 atom stereocenters. The number of halogens is 1. The fraction of sp³-hybridized carbons (Fsp3) is 0.400. The molecule has 112 valence electrons. The highest BCUT2D eigenvalue weighted by Gasteiger charge is 2.11. The largest absolute Gasteiger partial charge is 0.461 e. The highest BCUT2D eigenvalue weighted by Crippen LogP contribution is 2.17. The summed E-state index contributed by atoms with van der Waals surface area (Å²) < 4.78 is 5.48. The predicted octanol–water partition coefficient (Wildman–Crippen LogP) is 3.26. The smallest absolute Gasteiger partial charge is 0.322 e. The van der Waals surface area contributed by atoms with Crippen molar-refractivity contribution in [2.24, 2.45) is 0 Å². The topological polar surface area (TPSA) is 51.1 Å². The predicted molar refractivity (Wildman–Crippen MR) is 83.9 cm³/mol. The van der Waals surface area contributed by atoms with E-state index in [1.165, 1.54) is 11.1 Å². The number of aromatic nitrogens is 3. The van der Waals surface area contributed by atoms with Gasteiger partial charge in [0.05, 0.1) is 6.10 Å². The monoisotopic (exact) mass is 306 g/mol. The van der Waals surface area contributed by atoms with Crippen molar-refractivity contribution in [2.45, 2.75) is 33.4 Å². The van der Waals surface area contributed by atoms with E-state index in [9.17, 15) is 0 Å². The standard InChI is InChI=1S/C15H19ClN4O/c1-10(2)21-15-18-13(16)17-14(19-15)20(4)9-12-7-5-6-11(3)8-12/h5-8,10H,9H2,1-4H3. The average Bonchev–Trinajstić information content (AvgIpc) is 2.37. The van der Waals surface area contributed by atoms with Crippen LogP contribution in [-0.2, 0) is 6.54 Å². The normalized spacial score (nSPS) is 10.8. The lowest BCUT2D eigenvalue weighted by Crippen LogP contribution is -2.20. The third kappa shape index (κ3) is 4.56. The van der Waals surface area contributed by atoms with Gasteiger partial charge in [0, 0.05) is 13.6 Å². The zero-order valence-corrected chi connectivity index (χ0v) is 13.4. The van der Waals surface area contributed by atoms with Gasteiger partial charge in [0.15, 0.2) is 0 Å². The summed E-state index contributed by atoms with van der Waals surface area (Å²) in [7, 11) is 1.91. The summed E-state index contributed by atoms with van der Waals surface area (Å²) in [6, 6.07) is 8.54. The molecule has 21 heavy (non-hydrogen) atoms. The van der Waals surface area contributed by atoms with Crippen molar-refractivity contribution in [2.75, 3.05) is 11.9 Å². The maximum absolute atomic E-state index is 5.94. The van der Waals surface area contributed by atoms with E-state index < -0.39 is 0 Å². The van der Waals surface area contributed by atoms with E-state index >= 15 is 0 Å². The maximum Gasteiger partial charge on any atom is 0.322 e. The molecule has 0 aliphatic carbocycles. The molecule has 1 aromatic heterocycles. The SMILES string of the molecule is Cc1cccc(CN(C)c2nc(Cl)nc(OC(C)C)n2)c1. The molecule has 0 unspecified atom stereocenters. The van der Waals surface area contributed by atoms with Crippen LogP contribution < -0.4 is 9.64 Å². The summed E-state index contributed by atoms with van der Waals surface area (Å²) in [6.45, 7) is 6.57. The molecule has 0 saturated heterocycles. The van der Waals surface area contributed by atoms with Gasteiger partial charge in [-0.3, -0.25) is 0 Å². The molecule has 0 aliphatic rings. The van der Waals surface area contributed by atoms with Crippen molar-refractivity contribution in [3.8, 4) is 6.01 Å². The zero-order chi connectivity index (χ0) is 15.4. The third-order valence-electron chi connectivity index (χ3n) is 2.76. The lowest BCUT2D eigenvalue weighted by atomic mass is 10.1. The Morgan fingerprint density at radius 3 is 2.67 bits per heavy atom. The first-order valence-electron chi connectivity index (χ1n) is 6.79. The van der Waals surface area contributed by atoms with Gasteiger partial charge in [-0.05, 0) is 37.9 Å². The van der Waals surface area contributed by atoms with Gasteiger partial charge in [0.25, 0.3) is 0 Å². The number of aryl methyl sites for hydroxylation is 1. The molecule has 0 saturated carbocycles. The molecule has 1 heterocycles. The minimum absolute atomic E-state index is 0.0154. The minimum Gasteiger partial charge on any atom is -0.461 e. The average molecular weight is 307 g/mol. The molecule has 0 amide bonds. The fourth-order valence-electron chi connectivity index (χ4n) is 1.91. The van der Waals surface area contributed by atoms with Gasteiger partial charge >= 0.3 is 6.01 Å². The Bertz CT molecular complexity index is 618. The molecule has 0 aliphatic heterocycles. The van der Waals surface area contributed by atoms with Crippen molar-refractivity contribution in [1.29, 1.82) is 0 Å². The number of nitrogens with zero attached hydrogens (tertiary/aromatic N) is 4. The van der Waals surface area contributed by atoms with Crippen LogP contribution in [0.5, 0.6) is 6.01 Å². The van der Waals surface area contributed by atoms with Crippen LogP contribution in [0.4, 0.5) is 5.95 Å². The summed E-state index contributed by atoms with van der Waals surface area (Å²) in [5.41, 5.74) is 2.40. The fourth-order valence-corrected chi connectivity index (χ4v) is 2.06. The van der Waals surface area contributed by atoms with Crippen LogP contribution in [-0.4, -0.2) is 28.1 Å². The number of ether oxygens (including phenoxy) is 1. The Morgan fingerprint density at radius 1 is 1.24 bits per heavy atom. The van der Waals surface area contributed by atoms with Crippen LogP contribution in [0, 0.1) is 6.92 Å². The van der Waals surface area contributed by atoms with Gasteiger partial charge in [-0.15, -0.1) is 0 Å². The van der Waals surface area contributed by atoms with Crippen LogP contribution >= 0.6 is 11.6 Å². The van der Waals surface area contributed by atoms with Gasteiger partial charge in [0.1, 0.15) is 0 Å². The van der Waals surface area contributed by atoms with E-state index in [2.05, 4.69) is 40.1 Å². The van der Waals surface area contributed by atoms with Crippen LogP contribution in [0.25, 0.3) is 0 Å². The second-order valence-electron chi connectivity index (χ2n) is 5.20. The molecule has 0 spiro atoms. The van der Waals surface area contributed by atoms with Crippen molar-refractivity contribution >= 4 is 17.5 Å². The van der Waals surface area contributed by atoms with Crippen LogP contribution in [0.15, 0.2) is 24.3 Å². The van der Waals surface area contributed by atoms with E-state index in [0.29, 0.717) is 12.5 Å². The second kappa shape index (κ2) is 6.72. The second-order valence-corrected chi connectivity index (χ2v) is 5.54. The Hall–Kier alpha value is -1.88. The molecule has 6 heteroatoms. The summed E-state index contributed by atoms with van der Waals surface area (Å²) >= 11 is 5.94. The number of hydrogen-bond donors (Lipinski definition) is 0. The van der Waals surface area contributed by atoms with Crippen LogP contribution in [0.3, 0.4) is 0 Å². The Balaban J connectivity index is 2.18. The number of anilines is 1. The zero-order valence-electron chi connectivity index (χ0n) is 12.7. The van der Waals surface area contributed by atoms with Gasteiger partial charge in [-0.1, -0.05) is 29.8 Å². The molecular formula is C15H19ClN4O. The highest BCUT2D eigenvalue weighted by molar-refractivity contribution is 6.28. The Morgan fingerprint density at radius 2 is 2.00 bits per heavy atom. The molecule has 2 rings (SSSR count). The number of hydrogen-bond acceptors (Lipinski definition) is 5. The summed E-state index contributed by atoms with van der Waals surface area (Å²) in [5, 5.41) is 0.131. The molecular weight excluding hydrogens is 288 g/mol. The van der Waals surface area contributed by atoms with Crippen molar-refractivity contribution in [3.63, 3.8) is 0 Å². The van der Waals surface area contributed by atoms with E-state index in [4.69, 9.17) is 16.3 Å². The van der Waals surface area contributed by atoms with E-state index in [0.717, 1.165) is 0 Å². The molecule has 2 aromatic rings. The van der Waals surface area contributed by atoms with Crippen LogP contribution in [0.1, 0.15) is 25.0 Å². The van der Waals surface area contributed by atoms with Crippen molar-refractivity contribution < 1.29 is 4.74 Å². The first-order chi connectivity index (χ1) is 9.94. The molecule has 1 aromatic carbocycles. The first-order valence-corrected chi connectivity index (χ1v) is 7.17. The summed E-state index contributed by atoms with van der Waals surface area (Å²) in [4.78, 5) is 14.3. The van der Waals surface area contributed by atoms with Crippen molar-refractivity contribution in [1.82, 2.24) is 15.0 Å². The van der Waals surface area contributed by atoms with Gasteiger partial charge < -0.3 is 9.64 Å². The van der Waals surface area contributed by atoms with Gasteiger partial charge in [-0.2, -0.15) is 15.0 Å². The molecule has 0 bridgehead atoms. The lowest BCUT2D eigenvalue weighted by Gasteiger charge is -2.18. The Kier molecular flexibility index (Phi) is 4.96. The van der Waals surface area contributed by atoms with Crippen LogP contribution in [0.2, 0.25) is 5.28 Å². The number of benzene rings is 1. The minimum atomic E-state index is -0.0154. The highest BCUT2D eigenvalue weighted by atomic mass is 35.5. The summed E-state index contributed by atoms with van der Waals surface area (Å²) in [6.07, 6.45) is -0.0154. The van der Waals surface area contributed by atoms with Gasteiger partial charge in [0.2, 0.25) is 11.2 Å². The Labute approximate surface area is 130 Å². The lowest BCUT2D eigenvalue weighted by molar-refractivity contribution is 0.221. The molecule has 0 radical (unpaired) electrons. The first kappa shape index (κ1) is 15.5. The van der Waals surface area contributed by atoms with E-state index in [1.807, 2.05) is 31.9 Å². The number of rotatable bonds is 5. The molecule has 5 nitrogen and oxygen atoms in total. The molecule has 0 N–H and O–H groups in total. The summed E-state index contributed by atoms with van der Waals surface area (Å²) in [5.74, 6) is 0.493. The van der Waals surface area contributed by atoms with E-state index in [-0.39, 0.29) is 17.4 Å². The third-order valence-corrected chi connectivity index (χ3v) is 2.93. The molecule has 0 fully saturated rings.